The van der Waals surface area contributed by atoms with Gasteiger partial charge in [0.25, 0.3) is 0 Å². The minimum Gasteiger partial charge on any atom is -0.496 e. The van der Waals surface area contributed by atoms with Crippen LogP contribution >= 0.6 is 11.8 Å². The number of benzene rings is 1. The van der Waals surface area contributed by atoms with Crippen LogP contribution < -0.4 is 4.74 Å². The lowest BCUT2D eigenvalue weighted by Gasteiger charge is -2.38. The number of nitrogens with zero attached hydrogens (tertiary/aromatic N) is 1. The van der Waals surface area contributed by atoms with Crippen LogP contribution in [0.15, 0.2) is 28.1 Å². The Morgan fingerprint density at radius 2 is 2.24 bits per heavy atom. The van der Waals surface area contributed by atoms with Crippen LogP contribution in [0.3, 0.4) is 0 Å². The summed E-state index contributed by atoms with van der Waals surface area (Å²) in [6.07, 6.45) is 6.64. The predicted molar refractivity (Wildman–Crippen MR) is 68.4 cm³/mol. The minimum absolute atomic E-state index is 0.396. The maximum absolute atomic E-state index is 10.6. The first-order chi connectivity index (χ1) is 8.27. The smallest absolute Gasteiger partial charge is 0.235 e. The molecular formula is C13H15NO2S. The number of rotatable bonds is 4. The van der Waals surface area contributed by atoms with Crippen LogP contribution in [0.5, 0.6) is 5.75 Å². The van der Waals surface area contributed by atoms with Gasteiger partial charge in [0.2, 0.25) is 6.08 Å². The van der Waals surface area contributed by atoms with E-state index in [0.717, 1.165) is 35.5 Å². The van der Waals surface area contributed by atoms with E-state index in [1.54, 1.807) is 25.0 Å². The molecule has 0 unspecified atom stereocenters. The molecule has 0 aliphatic heterocycles. The third-order valence-corrected chi connectivity index (χ3v) is 4.11. The summed E-state index contributed by atoms with van der Waals surface area (Å²) >= 11 is 1.66. The van der Waals surface area contributed by atoms with Crippen LogP contribution in [0.2, 0.25) is 0 Å². The van der Waals surface area contributed by atoms with Crippen molar-refractivity contribution in [2.45, 2.75) is 29.7 Å². The zero-order chi connectivity index (χ0) is 12.3. The Morgan fingerprint density at radius 1 is 1.47 bits per heavy atom. The second kappa shape index (κ2) is 4.94. The van der Waals surface area contributed by atoms with Gasteiger partial charge in [-0.1, -0.05) is 6.07 Å². The molecule has 2 rings (SSSR count). The van der Waals surface area contributed by atoms with E-state index in [4.69, 9.17) is 4.74 Å². The van der Waals surface area contributed by atoms with E-state index in [1.165, 1.54) is 0 Å². The monoisotopic (exact) mass is 249 g/mol. The van der Waals surface area contributed by atoms with Gasteiger partial charge in [-0.15, -0.1) is 11.8 Å². The molecule has 1 aliphatic carbocycles. The Bertz CT molecular complexity index is 440. The van der Waals surface area contributed by atoms with Crippen molar-refractivity contribution in [1.82, 2.24) is 0 Å². The Morgan fingerprint density at radius 3 is 2.71 bits per heavy atom. The summed E-state index contributed by atoms with van der Waals surface area (Å²) < 4.78 is 5.41. The third kappa shape index (κ3) is 1.99. The lowest BCUT2D eigenvalue weighted by molar-refractivity contribution is 0.241. The number of aliphatic imine (C=N–C) groups is 1. The van der Waals surface area contributed by atoms with Gasteiger partial charge in [0.05, 0.1) is 7.11 Å². The van der Waals surface area contributed by atoms with E-state index in [-0.39, 0.29) is 0 Å². The molecule has 0 heterocycles. The van der Waals surface area contributed by atoms with Gasteiger partial charge in [0, 0.05) is 10.5 Å². The molecule has 0 saturated heterocycles. The molecule has 0 amide bonds. The fourth-order valence-electron chi connectivity index (χ4n) is 2.33. The normalized spacial score (nSPS) is 16.8. The Balaban J connectivity index is 2.59. The van der Waals surface area contributed by atoms with E-state index in [1.807, 2.05) is 24.5 Å². The maximum Gasteiger partial charge on any atom is 0.235 e. The van der Waals surface area contributed by atoms with Crippen molar-refractivity contribution >= 4 is 17.8 Å². The number of thioether (sulfide) groups is 1. The molecule has 1 fully saturated rings. The van der Waals surface area contributed by atoms with Crippen LogP contribution in [-0.4, -0.2) is 19.4 Å². The van der Waals surface area contributed by atoms with Crippen LogP contribution in [0.1, 0.15) is 24.8 Å². The van der Waals surface area contributed by atoms with Gasteiger partial charge < -0.3 is 4.74 Å². The Labute approximate surface area is 105 Å². The van der Waals surface area contributed by atoms with E-state index in [2.05, 4.69) is 4.99 Å². The van der Waals surface area contributed by atoms with Crippen molar-refractivity contribution < 1.29 is 9.53 Å². The van der Waals surface area contributed by atoms with Gasteiger partial charge >= 0.3 is 0 Å². The van der Waals surface area contributed by atoms with E-state index < -0.39 is 5.54 Å². The lowest BCUT2D eigenvalue weighted by atomic mass is 9.72. The first-order valence-corrected chi connectivity index (χ1v) is 6.80. The molecule has 0 spiro atoms. The molecule has 17 heavy (non-hydrogen) atoms. The topological polar surface area (TPSA) is 38.7 Å². The maximum atomic E-state index is 10.6. The lowest BCUT2D eigenvalue weighted by Crippen LogP contribution is -2.33. The van der Waals surface area contributed by atoms with Crippen molar-refractivity contribution in [3.05, 3.63) is 23.8 Å². The molecule has 0 radical (unpaired) electrons. The molecule has 3 nitrogen and oxygen atoms in total. The molecule has 1 aromatic rings. The summed E-state index contributed by atoms with van der Waals surface area (Å²) in [5, 5.41) is 0. The van der Waals surface area contributed by atoms with Crippen molar-refractivity contribution in [1.29, 1.82) is 0 Å². The van der Waals surface area contributed by atoms with Gasteiger partial charge in [-0.3, -0.25) is 0 Å². The largest absolute Gasteiger partial charge is 0.496 e. The third-order valence-electron chi connectivity index (χ3n) is 3.33. The second-order valence-corrected chi connectivity index (χ2v) is 4.97. The summed E-state index contributed by atoms with van der Waals surface area (Å²) in [4.78, 5) is 15.8. The van der Waals surface area contributed by atoms with Gasteiger partial charge in [0.1, 0.15) is 11.3 Å². The summed E-state index contributed by atoms with van der Waals surface area (Å²) in [6.45, 7) is 0. The Hall–Kier alpha value is -1.25. The van der Waals surface area contributed by atoms with Gasteiger partial charge in [0.15, 0.2) is 0 Å². The number of hydrogen-bond donors (Lipinski definition) is 0. The highest BCUT2D eigenvalue weighted by Crippen LogP contribution is 2.50. The molecule has 4 heteroatoms. The number of isocyanates is 1. The number of carbonyl (C=O) groups excluding carboxylic acids is 1. The van der Waals surface area contributed by atoms with Crippen molar-refractivity contribution in [3.63, 3.8) is 0 Å². The van der Waals surface area contributed by atoms with Crippen LogP contribution in [0, 0.1) is 0 Å². The highest BCUT2D eigenvalue weighted by Gasteiger charge is 2.42. The molecular weight excluding hydrogens is 234 g/mol. The molecule has 1 aromatic carbocycles. The predicted octanol–water partition coefficient (Wildman–Crippen LogP) is 3.13. The van der Waals surface area contributed by atoms with Crippen LogP contribution in [0.25, 0.3) is 0 Å². The number of hydrogen-bond acceptors (Lipinski definition) is 4. The summed E-state index contributed by atoms with van der Waals surface area (Å²) in [6, 6.07) is 5.93. The molecule has 0 N–H and O–H groups in total. The summed E-state index contributed by atoms with van der Waals surface area (Å²) in [7, 11) is 1.65. The molecule has 0 atom stereocenters. The summed E-state index contributed by atoms with van der Waals surface area (Å²) in [5.41, 5.74) is 0.650. The molecule has 0 aromatic heterocycles. The summed E-state index contributed by atoms with van der Waals surface area (Å²) in [5.74, 6) is 0.815. The van der Waals surface area contributed by atoms with Crippen molar-refractivity contribution in [3.8, 4) is 5.75 Å². The highest BCUT2D eigenvalue weighted by molar-refractivity contribution is 7.98. The number of ether oxygens (including phenoxy) is 1. The first kappa shape index (κ1) is 12.2. The molecule has 1 saturated carbocycles. The quantitative estimate of drug-likeness (QED) is 0.467. The van der Waals surface area contributed by atoms with Gasteiger partial charge in [-0.05, 0) is 37.7 Å². The van der Waals surface area contributed by atoms with E-state index >= 15 is 0 Å². The standard InChI is InChI=1S/C13H15NO2S/c1-16-10-5-3-6-11(17-2)12(10)13(14-9-15)7-4-8-13/h3,5-6H,4,7-8H2,1-2H3. The average molecular weight is 249 g/mol. The zero-order valence-corrected chi connectivity index (χ0v) is 10.8. The second-order valence-electron chi connectivity index (χ2n) is 4.13. The van der Waals surface area contributed by atoms with E-state index in [9.17, 15) is 4.79 Å². The number of methoxy groups -OCH3 is 1. The molecule has 0 bridgehead atoms. The first-order valence-electron chi connectivity index (χ1n) is 5.58. The van der Waals surface area contributed by atoms with E-state index in [0.29, 0.717) is 0 Å². The van der Waals surface area contributed by atoms with Gasteiger partial charge in [-0.25, -0.2) is 4.79 Å². The van der Waals surface area contributed by atoms with Crippen molar-refractivity contribution in [2.24, 2.45) is 4.99 Å². The van der Waals surface area contributed by atoms with Crippen LogP contribution in [0.4, 0.5) is 0 Å². The van der Waals surface area contributed by atoms with Crippen molar-refractivity contribution in [2.75, 3.05) is 13.4 Å². The fraction of sp³-hybridized carbons (Fsp3) is 0.462. The Kier molecular flexibility index (Phi) is 3.55. The molecule has 90 valence electrons. The molecule has 1 aliphatic rings. The fourth-order valence-corrected chi connectivity index (χ4v) is 3.04. The highest BCUT2D eigenvalue weighted by atomic mass is 32.2. The van der Waals surface area contributed by atoms with Crippen LogP contribution in [-0.2, 0) is 10.3 Å². The van der Waals surface area contributed by atoms with Gasteiger partial charge in [-0.2, -0.15) is 4.99 Å². The minimum atomic E-state index is -0.396. The zero-order valence-electron chi connectivity index (χ0n) is 10.0. The SMILES string of the molecule is COc1cccc(SC)c1C1(N=C=O)CCC1. The average Bonchev–Trinajstić information content (AvgIpc) is 2.33.